The second kappa shape index (κ2) is 5.48. The number of imidazole rings is 1. The van der Waals surface area contributed by atoms with E-state index in [0.717, 1.165) is 36.7 Å². The maximum Gasteiger partial charge on any atom is 0.158 e. The van der Waals surface area contributed by atoms with Crippen LogP contribution in [0.4, 0.5) is 5.69 Å². The van der Waals surface area contributed by atoms with Gasteiger partial charge in [-0.25, -0.2) is 4.98 Å². The summed E-state index contributed by atoms with van der Waals surface area (Å²) in [5.74, 6) is 0.937. The molecule has 4 nitrogen and oxygen atoms in total. The molecule has 0 bridgehead atoms. The van der Waals surface area contributed by atoms with Crippen molar-refractivity contribution in [1.82, 2.24) is 14.5 Å². The minimum atomic E-state index is 0.910. The molecule has 0 radical (unpaired) electrons. The third-order valence-electron chi connectivity index (χ3n) is 2.55. The molecule has 0 aromatic carbocycles. The summed E-state index contributed by atoms with van der Waals surface area (Å²) in [6.45, 7) is 6.12. The summed E-state index contributed by atoms with van der Waals surface area (Å²) in [5.41, 5.74) is 2.01. The van der Waals surface area contributed by atoms with Crippen LogP contribution in [-0.4, -0.2) is 21.1 Å². The van der Waals surface area contributed by atoms with Crippen LogP contribution in [0.1, 0.15) is 20.3 Å². The highest BCUT2D eigenvalue weighted by molar-refractivity contribution is 5.58. The van der Waals surface area contributed by atoms with E-state index < -0.39 is 0 Å². The summed E-state index contributed by atoms with van der Waals surface area (Å²) in [5, 5.41) is 3.28. The highest BCUT2D eigenvalue weighted by atomic mass is 15.1. The molecule has 2 rings (SSSR count). The number of hydrogen-bond donors (Lipinski definition) is 1. The number of aryl methyl sites for hydroxylation is 1. The van der Waals surface area contributed by atoms with E-state index in [-0.39, 0.29) is 0 Å². The van der Waals surface area contributed by atoms with E-state index in [0.29, 0.717) is 0 Å². The molecule has 0 spiro atoms. The summed E-state index contributed by atoms with van der Waals surface area (Å²) < 4.78 is 2.14. The van der Waals surface area contributed by atoms with E-state index >= 15 is 0 Å². The molecule has 0 aliphatic carbocycles. The van der Waals surface area contributed by atoms with Gasteiger partial charge in [-0.2, -0.15) is 0 Å². The van der Waals surface area contributed by atoms with Crippen molar-refractivity contribution in [2.75, 3.05) is 11.9 Å². The highest BCUT2D eigenvalue weighted by Crippen LogP contribution is 2.18. The molecule has 2 heterocycles. The van der Waals surface area contributed by atoms with Crippen molar-refractivity contribution < 1.29 is 0 Å². The Hall–Kier alpha value is -1.84. The number of nitrogens with one attached hydrogen (secondary N) is 1. The van der Waals surface area contributed by atoms with Gasteiger partial charge in [0.1, 0.15) is 5.69 Å². The zero-order valence-corrected chi connectivity index (χ0v) is 10.3. The average molecular weight is 230 g/mol. The van der Waals surface area contributed by atoms with Crippen molar-refractivity contribution in [1.29, 1.82) is 0 Å². The first-order valence-corrected chi connectivity index (χ1v) is 6.06. The van der Waals surface area contributed by atoms with Gasteiger partial charge >= 0.3 is 0 Å². The Kier molecular flexibility index (Phi) is 3.75. The maximum atomic E-state index is 4.38. The molecule has 0 aliphatic heterocycles. The second-order valence-corrected chi connectivity index (χ2v) is 3.90. The van der Waals surface area contributed by atoms with Gasteiger partial charge in [0.15, 0.2) is 5.82 Å². The van der Waals surface area contributed by atoms with Crippen LogP contribution in [0, 0.1) is 0 Å². The molecule has 4 heteroatoms. The Balaban J connectivity index is 2.31. The van der Waals surface area contributed by atoms with Gasteiger partial charge in [-0.1, -0.05) is 6.92 Å². The molecule has 0 aliphatic rings. The molecule has 0 saturated heterocycles. The molecular formula is C13H18N4. The lowest BCUT2D eigenvalue weighted by molar-refractivity contribution is 0.684. The van der Waals surface area contributed by atoms with Crippen LogP contribution in [0.2, 0.25) is 0 Å². The lowest BCUT2D eigenvalue weighted by Gasteiger charge is -2.07. The molecule has 0 saturated carbocycles. The van der Waals surface area contributed by atoms with E-state index in [4.69, 9.17) is 0 Å². The van der Waals surface area contributed by atoms with Crippen molar-refractivity contribution in [2.45, 2.75) is 26.8 Å². The molecule has 0 fully saturated rings. The Morgan fingerprint density at radius 3 is 2.88 bits per heavy atom. The van der Waals surface area contributed by atoms with Crippen molar-refractivity contribution in [2.24, 2.45) is 0 Å². The molecule has 2 aromatic heterocycles. The lowest BCUT2D eigenvalue weighted by Crippen LogP contribution is -2.01. The van der Waals surface area contributed by atoms with Crippen LogP contribution in [0.5, 0.6) is 0 Å². The van der Waals surface area contributed by atoms with Gasteiger partial charge < -0.3 is 9.88 Å². The first-order valence-electron chi connectivity index (χ1n) is 6.06. The highest BCUT2D eigenvalue weighted by Gasteiger charge is 2.07. The van der Waals surface area contributed by atoms with Crippen LogP contribution < -0.4 is 5.32 Å². The Bertz CT molecular complexity index is 476. The van der Waals surface area contributed by atoms with Crippen molar-refractivity contribution >= 4 is 5.69 Å². The molecule has 2 aromatic rings. The quantitative estimate of drug-likeness (QED) is 0.858. The monoisotopic (exact) mass is 230 g/mol. The van der Waals surface area contributed by atoms with Gasteiger partial charge in [0.05, 0.1) is 0 Å². The minimum absolute atomic E-state index is 0.910. The molecule has 0 atom stereocenters. The van der Waals surface area contributed by atoms with Crippen LogP contribution >= 0.6 is 0 Å². The van der Waals surface area contributed by atoms with Crippen LogP contribution in [0.15, 0.2) is 30.7 Å². The van der Waals surface area contributed by atoms with Gasteiger partial charge in [0.2, 0.25) is 0 Å². The first-order chi connectivity index (χ1) is 8.35. The minimum Gasteiger partial charge on any atom is -0.385 e. The van der Waals surface area contributed by atoms with Crippen molar-refractivity contribution in [3.8, 4) is 11.5 Å². The zero-order chi connectivity index (χ0) is 12.1. The van der Waals surface area contributed by atoms with Crippen LogP contribution in [0.25, 0.3) is 11.5 Å². The van der Waals surface area contributed by atoms with Gasteiger partial charge in [-0.3, -0.25) is 4.98 Å². The number of aromatic nitrogens is 3. The van der Waals surface area contributed by atoms with E-state index in [2.05, 4.69) is 33.7 Å². The Morgan fingerprint density at radius 1 is 1.24 bits per heavy atom. The predicted molar refractivity (Wildman–Crippen MR) is 69.9 cm³/mol. The zero-order valence-electron chi connectivity index (χ0n) is 10.3. The van der Waals surface area contributed by atoms with Crippen molar-refractivity contribution in [3.05, 3.63) is 30.7 Å². The number of rotatable bonds is 5. The SMILES string of the molecule is CCCn1ccnc1-c1cc(NCC)ccn1. The Morgan fingerprint density at radius 2 is 2.12 bits per heavy atom. The fourth-order valence-electron chi connectivity index (χ4n) is 1.83. The third kappa shape index (κ3) is 2.64. The molecule has 0 amide bonds. The summed E-state index contributed by atoms with van der Waals surface area (Å²) in [6, 6.07) is 4.01. The van der Waals surface area contributed by atoms with Crippen LogP contribution in [0.3, 0.4) is 0 Å². The molecule has 90 valence electrons. The number of anilines is 1. The topological polar surface area (TPSA) is 42.7 Å². The molecule has 1 N–H and O–H groups in total. The number of hydrogen-bond acceptors (Lipinski definition) is 3. The summed E-state index contributed by atoms with van der Waals surface area (Å²) in [6.07, 6.45) is 6.74. The summed E-state index contributed by atoms with van der Waals surface area (Å²) in [4.78, 5) is 8.76. The number of nitrogens with zero attached hydrogens (tertiary/aromatic N) is 3. The van der Waals surface area contributed by atoms with E-state index in [1.807, 2.05) is 30.7 Å². The lowest BCUT2D eigenvalue weighted by atomic mass is 10.3. The second-order valence-electron chi connectivity index (χ2n) is 3.90. The molecule has 17 heavy (non-hydrogen) atoms. The average Bonchev–Trinajstić information content (AvgIpc) is 2.79. The molecular weight excluding hydrogens is 212 g/mol. The van der Waals surface area contributed by atoms with E-state index in [1.165, 1.54) is 0 Å². The normalized spacial score (nSPS) is 10.5. The maximum absolute atomic E-state index is 4.38. The Labute approximate surface area is 102 Å². The standard InChI is InChI=1S/C13H18N4/c1-3-8-17-9-7-16-13(17)12-10-11(14-4-2)5-6-15-12/h5-7,9-10H,3-4,8H2,1-2H3,(H,14,15). The predicted octanol–water partition coefficient (Wildman–Crippen LogP) is 2.79. The number of pyridine rings is 1. The first kappa shape index (κ1) is 11.6. The summed E-state index contributed by atoms with van der Waals surface area (Å²) in [7, 11) is 0. The van der Waals surface area contributed by atoms with Crippen LogP contribution in [-0.2, 0) is 6.54 Å². The van der Waals surface area contributed by atoms with Gasteiger partial charge in [-0.05, 0) is 25.5 Å². The summed E-state index contributed by atoms with van der Waals surface area (Å²) >= 11 is 0. The largest absolute Gasteiger partial charge is 0.385 e. The van der Waals surface area contributed by atoms with Gasteiger partial charge in [0.25, 0.3) is 0 Å². The van der Waals surface area contributed by atoms with E-state index in [1.54, 1.807) is 0 Å². The fourth-order valence-corrected chi connectivity index (χ4v) is 1.83. The van der Waals surface area contributed by atoms with Gasteiger partial charge in [0, 0.05) is 37.4 Å². The van der Waals surface area contributed by atoms with Gasteiger partial charge in [-0.15, -0.1) is 0 Å². The third-order valence-corrected chi connectivity index (χ3v) is 2.55. The molecule has 0 unspecified atom stereocenters. The smallest absolute Gasteiger partial charge is 0.158 e. The van der Waals surface area contributed by atoms with E-state index in [9.17, 15) is 0 Å². The fraction of sp³-hybridized carbons (Fsp3) is 0.385. The van der Waals surface area contributed by atoms with Crippen molar-refractivity contribution in [3.63, 3.8) is 0 Å².